The number of fused-ring (bicyclic) bond motifs is 3. The van der Waals surface area contributed by atoms with E-state index >= 15 is 0 Å². The van der Waals surface area contributed by atoms with Gasteiger partial charge in [-0.3, -0.25) is 24.0 Å². The monoisotopic (exact) mass is 726 g/mol. The van der Waals surface area contributed by atoms with Crippen LogP contribution in [0.4, 0.5) is 0 Å². The van der Waals surface area contributed by atoms with Crippen LogP contribution in [-0.2, 0) is 30.4 Å². The summed E-state index contributed by atoms with van der Waals surface area (Å²) in [5, 5.41) is 21.6. The molecule has 2 saturated heterocycles. The van der Waals surface area contributed by atoms with Crippen molar-refractivity contribution < 1.29 is 33.8 Å². The van der Waals surface area contributed by atoms with Crippen LogP contribution in [0.15, 0.2) is 24.3 Å². The van der Waals surface area contributed by atoms with E-state index in [0.717, 1.165) is 6.42 Å². The van der Waals surface area contributed by atoms with Gasteiger partial charge in [0.05, 0.1) is 12.5 Å². The molecule has 5 atom stereocenters. The van der Waals surface area contributed by atoms with Crippen LogP contribution in [-0.4, -0.2) is 115 Å². The summed E-state index contributed by atoms with van der Waals surface area (Å²) >= 11 is 0. The number of nitrogens with one attached hydrogen (secondary N) is 4. The van der Waals surface area contributed by atoms with Crippen molar-refractivity contribution in [2.24, 2.45) is 11.8 Å². The lowest BCUT2D eigenvalue weighted by Crippen LogP contribution is -2.57. The van der Waals surface area contributed by atoms with Crippen LogP contribution in [0, 0.1) is 11.8 Å². The van der Waals surface area contributed by atoms with E-state index in [-0.39, 0.29) is 36.7 Å². The minimum Gasteiger partial charge on any atom is -0.484 e. The molecule has 1 aromatic carbocycles. The molecular formula is C39H62N6O7. The van der Waals surface area contributed by atoms with Crippen LogP contribution in [0.1, 0.15) is 97.0 Å². The standard InChI is InChI=1S/C39H62N6O7/c1-27(2)23-32-38(50)43-37(28(3)46)39(51)41-17-5-7-20-45(36(49)16-15-30-12-9-21-44-19-6-4-14-33(30)44)22-10-18-40-35(48)26-52-31-13-8-11-29(24-31)25-34(47)42-32/h8,11,13,24,27-28,30,32-33,37,46H,4-7,9-10,12,14-23,25-26H2,1-3H3,(H,40,48)(H,41,51)(H,42,47)(H,43,50)/t28-,30+,32-,33-,37+/m1/s1. The van der Waals surface area contributed by atoms with Crippen LogP contribution in [0.2, 0.25) is 0 Å². The van der Waals surface area contributed by atoms with Crippen LogP contribution in [0.25, 0.3) is 0 Å². The smallest absolute Gasteiger partial charge is 0.257 e. The first kappa shape index (κ1) is 41.1. The first-order valence-electron chi connectivity index (χ1n) is 19.6. The zero-order valence-corrected chi connectivity index (χ0v) is 31.5. The van der Waals surface area contributed by atoms with Gasteiger partial charge in [-0.05, 0) is 107 Å². The fourth-order valence-corrected chi connectivity index (χ4v) is 7.73. The number of carbonyl (C=O) groups is 5. The number of hydrogen-bond donors (Lipinski definition) is 5. The molecule has 0 aliphatic carbocycles. The average Bonchev–Trinajstić information content (AvgIpc) is 3.11. The summed E-state index contributed by atoms with van der Waals surface area (Å²) in [5.74, 6) is -0.583. The largest absolute Gasteiger partial charge is 0.484 e. The summed E-state index contributed by atoms with van der Waals surface area (Å²) < 4.78 is 5.72. The van der Waals surface area contributed by atoms with Crippen LogP contribution < -0.4 is 26.0 Å². The molecule has 0 spiro atoms. The molecule has 0 saturated carbocycles. The number of carbonyl (C=O) groups excluding carboxylic acids is 5. The van der Waals surface area contributed by atoms with Gasteiger partial charge >= 0.3 is 0 Å². The maximum atomic E-state index is 13.6. The molecular weight excluding hydrogens is 664 g/mol. The van der Waals surface area contributed by atoms with Gasteiger partial charge in [-0.15, -0.1) is 0 Å². The molecule has 5 N–H and O–H groups in total. The number of aliphatic hydroxyl groups is 1. The van der Waals surface area contributed by atoms with Crippen molar-refractivity contribution in [3.05, 3.63) is 29.8 Å². The number of ether oxygens (including phenoxy) is 1. The second kappa shape index (κ2) is 21.1. The Hall–Kier alpha value is -3.71. The Morgan fingerprint density at radius 3 is 2.40 bits per heavy atom. The second-order valence-electron chi connectivity index (χ2n) is 15.2. The zero-order valence-electron chi connectivity index (χ0n) is 31.5. The third-order valence-corrected chi connectivity index (χ3v) is 10.4. The number of benzene rings is 1. The number of hydrogen-bond acceptors (Lipinski definition) is 8. The third kappa shape index (κ3) is 13.4. The fourth-order valence-electron chi connectivity index (χ4n) is 7.73. The molecule has 4 rings (SSSR count). The lowest BCUT2D eigenvalue weighted by molar-refractivity contribution is -0.134. The molecule has 3 aliphatic rings. The van der Waals surface area contributed by atoms with Gasteiger partial charge in [0, 0.05) is 38.6 Å². The highest BCUT2D eigenvalue weighted by molar-refractivity contribution is 5.92. The summed E-state index contributed by atoms with van der Waals surface area (Å²) in [7, 11) is 0. The Kier molecular flexibility index (Phi) is 16.7. The fraction of sp³-hybridized carbons (Fsp3) is 0.718. The van der Waals surface area contributed by atoms with Crippen LogP contribution in [0.3, 0.4) is 0 Å². The van der Waals surface area contributed by atoms with Crippen molar-refractivity contribution in [2.75, 3.05) is 45.9 Å². The molecule has 3 aliphatic heterocycles. The van der Waals surface area contributed by atoms with Crippen LogP contribution in [0.5, 0.6) is 5.75 Å². The van der Waals surface area contributed by atoms with E-state index < -0.39 is 30.0 Å². The van der Waals surface area contributed by atoms with E-state index in [1.165, 1.54) is 52.1 Å². The minimum absolute atomic E-state index is 0.0273. The predicted octanol–water partition coefficient (Wildman–Crippen LogP) is 2.29. The molecule has 52 heavy (non-hydrogen) atoms. The molecule has 0 radical (unpaired) electrons. The van der Waals surface area contributed by atoms with Gasteiger partial charge < -0.3 is 40.9 Å². The van der Waals surface area contributed by atoms with Crippen molar-refractivity contribution in [1.82, 2.24) is 31.1 Å². The number of piperidine rings is 2. The van der Waals surface area contributed by atoms with Crippen molar-refractivity contribution in [1.29, 1.82) is 0 Å². The highest BCUT2D eigenvalue weighted by atomic mass is 16.5. The van der Waals surface area contributed by atoms with Crippen molar-refractivity contribution in [3.8, 4) is 5.75 Å². The van der Waals surface area contributed by atoms with Gasteiger partial charge in [-0.1, -0.05) is 32.4 Å². The van der Waals surface area contributed by atoms with Gasteiger partial charge in [0.2, 0.25) is 23.6 Å². The molecule has 2 bridgehead atoms. The molecule has 1 aromatic rings. The van der Waals surface area contributed by atoms with Crippen molar-refractivity contribution in [2.45, 2.75) is 122 Å². The Bertz CT molecular complexity index is 1340. The topological polar surface area (TPSA) is 169 Å². The van der Waals surface area contributed by atoms with Crippen molar-refractivity contribution >= 4 is 29.5 Å². The molecule has 13 heteroatoms. The second-order valence-corrected chi connectivity index (χ2v) is 15.2. The highest BCUT2D eigenvalue weighted by Gasteiger charge is 2.33. The summed E-state index contributed by atoms with van der Waals surface area (Å²) in [6.07, 6.45) is 8.46. The molecule has 0 aromatic heterocycles. The minimum atomic E-state index is -1.20. The number of amides is 5. The summed E-state index contributed by atoms with van der Waals surface area (Å²) in [5.41, 5.74) is 0.638. The predicted molar refractivity (Wildman–Crippen MR) is 198 cm³/mol. The van der Waals surface area contributed by atoms with E-state index in [4.69, 9.17) is 4.74 Å². The maximum Gasteiger partial charge on any atom is 0.257 e. The summed E-state index contributed by atoms with van der Waals surface area (Å²) in [4.78, 5) is 70.3. The van der Waals surface area contributed by atoms with Gasteiger partial charge in [-0.25, -0.2) is 0 Å². The maximum absolute atomic E-state index is 13.6. The number of nitrogens with zero attached hydrogens (tertiary/aromatic N) is 2. The Morgan fingerprint density at radius 1 is 0.865 bits per heavy atom. The lowest BCUT2D eigenvalue weighted by Gasteiger charge is -2.44. The molecule has 0 unspecified atom stereocenters. The summed E-state index contributed by atoms with van der Waals surface area (Å²) in [6, 6.07) is 5.34. The third-order valence-electron chi connectivity index (χ3n) is 10.4. The molecule has 3 heterocycles. The van der Waals surface area contributed by atoms with E-state index in [0.29, 0.717) is 81.6 Å². The highest BCUT2D eigenvalue weighted by Crippen LogP contribution is 2.33. The number of rotatable bonds is 6. The SMILES string of the molecule is CC(C)C[C@H]1NC(=O)Cc2cccc(c2)OCC(=O)NCCCN(C(=O)CC[C@@H]2CCCN3CCCC[C@H]23)CCCCNC(=O)[C@H]([C@@H](C)O)NC1=O. The van der Waals surface area contributed by atoms with Crippen molar-refractivity contribution in [3.63, 3.8) is 0 Å². The summed E-state index contributed by atoms with van der Waals surface area (Å²) in [6.45, 7) is 9.17. The first-order valence-corrected chi connectivity index (χ1v) is 19.6. The quantitative estimate of drug-likeness (QED) is 0.298. The van der Waals surface area contributed by atoms with E-state index in [2.05, 4.69) is 26.2 Å². The Balaban J connectivity index is 1.42. The number of aliphatic hydroxyl groups excluding tert-OH is 1. The molecule has 5 amide bonds. The zero-order chi connectivity index (χ0) is 37.5. The molecule has 13 nitrogen and oxygen atoms in total. The van der Waals surface area contributed by atoms with Crippen LogP contribution >= 0.6 is 0 Å². The van der Waals surface area contributed by atoms with Gasteiger partial charge in [-0.2, -0.15) is 0 Å². The first-order chi connectivity index (χ1) is 25.0. The van der Waals surface area contributed by atoms with Gasteiger partial charge in [0.25, 0.3) is 5.91 Å². The van der Waals surface area contributed by atoms with E-state index in [1.54, 1.807) is 24.3 Å². The lowest BCUT2D eigenvalue weighted by atomic mass is 9.81. The Morgan fingerprint density at radius 2 is 1.62 bits per heavy atom. The molecule has 2 fully saturated rings. The van der Waals surface area contributed by atoms with Gasteiger partial charge in [0.1, 0.15) is 17.8 Å². The van der Waals surface area contributed by atoms with E-state index in [1.807, 2.05) is 18.7 Å². The average molecular weight is 727 g/mol. The normalized spacial score (nSPS) is 26.1. The molecule has 290 valence electrons. The van der Waals surface area contributed by atoms with E-state index in [9.17, 15) is 29.1 Å². The van der Waals surface area contributed by atoms with Gasteiger partial charge in [0.15, 0.2) is 6.61 Å². The Labute approximate surface area is 309 Å².